The van der Waals surface area contributed by atoms with Crippen LogP contribution < -0.4 is 0 Å². The molecule has 0 aromatic heterocycles. The van der Waals surface area contributed by atoms with Crippen LogP contribution in [0.4, 0.5) is 0 Å². The fourth-order valence-corrected chi connectivity index (χ4v) is 0.423. The summed E-state index contributed by atoms with van der Waals surface area (Å²) in [7, 11) is 0. The summed E-state index contributed by atoms with van der Waals surface area (Å²) in [5, 5.41) is 4.10. The van der Waals surface area contributed by atoms with Crippen LogP contribution in [-0.2, 0) is 0 Å². The van der Waals surface area contributed by atoms with Crippen LogP contribution >= 0.6 is 0 Å². The minimum atomic E-state index is 0.556. The van der Waals surface area contributed by atoms with Crippen LogP contribution in [0.1, 0.15) is 0 Å². The average Bonchev–Trinajstić information content (AvgIpc) is 2.42. The molecule has 1 rings (SSSR count). The Kier molecular flexibility index (Phi) is 0.787. The summed E-state index contributed by atoms with van der Waals surface area (Å²) in [6, 6.07) is 0. The molecule has 36 valence electrons. The highest BCUT2D eigenvalue weighted by Crippen LogP contribution is 1.99. The van der Waals surface area contributed by atoms with Crippen LogP contribution in [0.3, 0.4) is 0 Å². The Balaban J connectivity index is 1.80. The van der Waals surface area contributed by atoms with Crippen LogP contribution in [0, 0.1) is 0 Å². The van der Waals surface area contributed by atoms with Crippen molar-refractivity contribution in [2.45, 2.75) is 0 Å². The zero-order valence-corrected chi connectivity index (χ0v) is 3.68. The molecule has 0 saturated carbocycles. The molecule has 6 heavy (non-hydrogen) atoms. The van der Waals surface area contributed by atoms with E-state index in [1.165, 1.54) is 13.1 Å². The quantitative estimate of drug-likeness (QED) is 0.461. The molecule has 0 aromatic carbocycles. The molecule has 0 unspecified atom stereocenters. The minimum Gasteiger partial charge on any atom is -0.395 e. The number of aliphatic hydroxyl groups is 1. The Morgan fingerprint density at radius 1 is 1.83 bits per heavy atom. The van der Waals surface area contributed by atoms with Gasteiger partial charge in [-0.3, -0.25) is 4.90 Å². The predicted octanol–water partition coefficient (Wildman–Crippen LogP) is -0.706. The number of nitrogens with zero attached hydrogens (tertiary/aromatic N) is 1. The van der Waals surface area contributed by atoms with E-state index in [2.05, 4.69) is 10.0 Å². The smallest absolute Gasteiger partial charge is 0.210 e. The highest BCUT2D eigenvalue weighted by atomic mass is 16.3. The van der Waals surface area contributed by atoms with Gasteiger partial charge in [0, 0.05) is 19.6 Å². The molecule has 0 spiro atoms. The van der Waals surface area contributed by atoms with E-state index in [4.69, 9.17) is 1.43 Å². The normalized spacial score (nSPS) is 23.7. The lowest BCUT2D eigenvalue weighted by Crippen LogP contribution is -2.02. The largest absolute Gasteiger partial charge is 0.395 e. The maximum absolute atomic E-state index is 6.30. The van der Waals surface area contributed by atoms with E-state index in [1.54, 1.807) is 0 Å². The van der Waals surface area contributed by atoms with Crippen molar-refractivity contribution in [1.82, 2.24) is 4.90 Å². The first kappa shape index (κ1) is 2.99. The van der Waals surface area contributed by atoms with Gasteiger partial charge in [0.2, 0.25) is 1.43 Å². The molecule has 0 amide bonds. The second-order valence-electron chi connectivity index (χ2n) is 1.55. The molecule has 2 nitrogen and oxygen atoms in total. The number of hydrogen-bond acceptors (Lipinski definition) is 2. The second-order valence-corrected chi connectivity index (χ2v) is 1.55. The topological polar surface area (TPSA) is 23.2 Å². The maximum atomic E-state index is 6.30. The molecule has 1 N–H and O–H groups in total. The predicted molar refractivity (Wildman–Crippen MR) is 23.5 cm³/mol. The van der Waals surface area contributed by atoms with Gasteiger partial charge in [-0.25, -0.2) is 0 Å². The van der Waals surface area contributed by atoms with Gasteiger partial charge in [-0.2, -0.15) is 0 Å². The molecule has 1 heterocycles. The fraction of sp³-hybridized carbons (Fsp3) is 1.00. The summed E-state index contributed by atoms with van der Waals surface area (Å²) in [6.45, 7) is 3.89. The van der Waals surface area contributed by atoms with Gasteiger partial charge in [0.25, 0.3) is 0 Å². The molecule has 0 aromatic rings. The lowest BCUT2D eigenvalue weighted by Gasteiger charge is -1.88. The maximum Gasteiger partial charge on any atom is 0.210 e. The SMILES string of the molecule is [2H]OCCN1CC1. The van der Waals surface area contributed by atoms with Gasteiger partial charge in [0.1, 0.15) is 0 Å². The van der Waals surface area contributed by atoms with Crippen molar-refractivity contribution in [3.63, 3.8) is 0 Å². The van der Waals surface area contributed by atoms with Gasteiger partial charge in [-0.1, -0.05) is 0 Å². The fourth-order valence-electron chi connectivity index (χ4n) is 0.423. The third kappa shape index (κ3) is 0.954. The summed E-state index contributed by atoms with van der Waals surface area (Å²) in [6.07, 6.45) is 0. The summed E-state index contributed by atoms with van der Waals surface area (Å²) in [5.74, 6) is 0. The van der Waals surface area contributed by atoms with E-state index in [0.29, 0.717) is 6.61 Å². The van der Waals surface area contributed by atoms with Crippen LogP contribution in [0.25, 0.3) is 0 Å². The molecule has 1 aliphatic heterocycles. The zero-order chi connectivity index (χ0) is 5.11. The van der Waals surface area contributed by atoms with Gasteiger partial charge < -0.3 is 5.11 Å². The van der Waals surface area contributed by atoms with Crippen LogP contribution in [0.15, 0.2) is 0 Å². The van der Waals surface area contributed by atoms with Crippen LogP contribution in [-0.4, -0.2) is 37.7 Å². The summed E-state index contributed by atoms with van der Waals surface area (Å²) in [4.78, 5) is 2.22. The van der Waals surface area contributed by atoms with Crippen molar-refractivity contribution < 1.29 is 5.11 Å². The molecule has 1 saturated heterocycles. The Hall–Kier alpha value is -0.0800. The summed E-state index contributed by atoms with van der Waals surface area (Å²) >= 11 is 0. The molecule has 0 bridgehead atoms. The van der Waals surface area contributed by atoms with Crippen LogP contribution in [0.2, 0.25) is 0 Å². The van der Waals surface area contributed by atoms with E-state index >= 15 is 0 Å². The number of β-amino-alcohol motifs (C(OH)–C–C–N with tert-alkyl or cyclic N) is 1. The first-order chi connectivity index (χ1) is 3.43. The summed E-state index contributed by atoms with van der Waals surface area (Å²) in [5.41, 5.74) is 0. The first-order valence-corrected chi connectivity index (χ1v) is 2.24. The minimum absolute atomic E-state index is 0.556. The number of aliphatic hydroxyl groups excluding tert-OH is 1. The molecule has 0 atom stereocenters. The molecule has 2 heteroatoms. The highest BCUT2D eigenvalue weighted by Gasteiger charge is 2.14. The average molecular weight is 88.1 g/mol. The molecule has 1 aliphatic rings. The van der Waals surface area contributed by atoms with E-state index in [0.717, 1.165) is 6.54 Å². The second kappa shape index (κ2) is 1.58. The van der Waals surface area contributed by atoms with E-state index in [1.807, 2.05) is 0 Å². The Morgan fingerprint density at radius 2 is 2.67 bits per heavy atom. The van der Waals surface area contributed by atoms with Gasteiger partial charge in [0.05, 0.1) is 6.61 Å². The molecule has 0 radical (unpaired) electrons. The monoisotopic (exact) mass is 88.1 g/mol. The van der Waals surface area contributed by atoms with E-state index in [9.17, 15) is 0 Å². The highest BCUT2D eigenvalue weighted by molar-refractivity contribution is 4.70. The van der Waals surface area contributed by atoms with Gasteiger partial charge in [-0.05, 0) is 0 Å². The molecular weight excluding hydrogens is 78.0 g/mol. The van der Waals surface area contributed by atoms with E-state index in [-0.39, 0.29) is 0 Å². The zero-order valence-electron chi connectivity index (χ0n) is 4.68. The van der Waals surface area contributed by atoms with E-state index < -0.39 is 0 Å². The third-order valence-corrected chi connectivity index (χ3v) is 0.947. The lowest BCUT2D eigenvalue weighted by atomic mass is 10.7. The third-order valence-electron chi connectivity index (χ3n) is 0.947. The van der Waals surface area contributed by atoms with Gasteiger partial charge in [0.15, 0.2) is 0 Å². The lowest BCUT2D eigenvalue weighted by molar-refractivity contribution is 0.271. The van der Waals surface area contributed by atoms with Crippen molar-refractivity contribution in [2.75, 3.05) is 26.2 Å². The van der Waals surface area contributed by atoms with Crippen molar-refractivity contribution in [3.05, 3.63) is 0 Å². The van der Waals surface area contributed by atoms with Crippen molar-refractivity contribution in [2.24, 2.45) is 0 Å². The Bertz CT molecular complexity index is 55.7. The van der Waals surface area contributed by atoms with Crippen LogP contribution in [0.5, 0.6) is 0 Å². The molecular formula is C4H9NO. The van der Waals surface area contributed by atoms with Gasteiger partial charge in [-0.15, -0.1) is 0 Å². The van der Waals surface area contributed by atoms with Crippen molar-refractivity contribution in [3.8, 4) is 0 Å². The Labute approximate surface area is 38.9 Å². The molecule has 0 aliphatic carbocycles. The van der Waals surface area contributed by atoms with Crippen molar-refractivity contribution in [1.29, 1.82) is 1.43 Å². The number of hydrogen-bond donors (Lipinski definition) is 1. The number of rotatable bonds is 3. The Morgan fingerprint density at radius 3 is 3.17 bits per heavy atom. The van der Waals surface area contributed by atoms with Crippen molar-refractivity contribution >= 4 is 0 Å². The molecule has 1 fully saturated rings. The standard InChI is InChI=1S/C4H9NO/c6-4-3-5-1-2-5/h6H,1-4H2/i6D. The van der Waals surface area contributed by atoms with Gasteiger partial charge >= 0.3 is 0 Å². The first-order valence-electron chi connectivity index (χ1n) is 2.65. The summed E-state index contributed by atoms with van der Waals surface area (Å²) < 4.78 is 6.30.